The van der Waals surface area contributed by atoms with Crippen LogP contribution in [-0.2, 0) is 14.2 Å². The van der Waals surface area contributed by atoms with Gasteiger partial charge in [0.1, 0.15) is 0 Å². The quantitative estimate of drug-likeness (QED) is 0.440. The van der Waals surface area contributed by atoms with E-state index >= 15 is 0 Å². The minimum absolute atomic E-state index is 0.0659. The first-order valence-corrected chi connectivity index (χ1v) is 5.76. The molecule has 13 heteroatoms. The van der Waals surface area contributed by atoms with Crippen LogP contribution in [0.1, 0.15) is 26.7 Å². The van der Waals surface area contributed by atoms with Gasteiger partial charge in [0.05, 0.1) is 0 Å². The number of ether oxygens (including phenoxy) is 3. The lowest BCUT2D eigenvalue weighted by molar-refractivity contribution is -0.444. The molecule has 0 spiro atoms. The lowest BCUT2D eigenvalue weighted by Gasteiger charge is -2.21. The Morgan fingerprint density at radius 2 is 1.26 bits per heavy atom. The molecule has 0 heterocycles. The monoisotopic (exact) mass is 372 g/mol. The molecule has 0 atom stereocenters. The number of halogens is 10. The maximum atomic E-state index is 12.2. The van der Waals surface area contributed by atoms with Crippen LogP contribution < -0.4 is 0 Å². The molecule has 0 aromatic heterocycles. The third-order valence-corrected chi connectivity index (χ3v) is 1.88. The van der Waals surface area contributed by atoms with E-state index in [1.54, 1.807) is 0 Å². The largest absolute Gasteiger partial charge is 0.524 e. The third-order valence-electron chi connectivity index (χ3n) is 1.88. The molecule has 0 aromatic rings. The molecule has 0 amide bonds. The lowest BCUT2D eigenvalue weighted by atomic mass is 10.1. The van der Waals surface area contributed by atoms with Crippen molar-refractivity contribution < 1.29 is 58.1 Å². The van der Waals surface area contributed by atoms with Crippen LogP contribution in [0.2, 0.25) is 0 Å². The smallest absolute Gasteiger partial charge is 0.268 e. The summed E-state index contributed by atoms with van der Waals surface area (Å²) in [5.41, 5.74) is 0. The molecular formula is C10H14F10O3. The summed E-state index contributed by atoms with van der Waals surface area (Å²) in [4.78, 5) is 0. The minimum Gasteiger partial charge on any atom is -0.268 e. The number of rotatable bonds is 8. The molecule has 0 N–H and O–H groups in total. The van der Waals surface area contributed by atoms with Crippen LogP contribution in [-0.4, -0.2) is 38.2 Å². The number of hydrogen-bond acceptors (Lipinski definition) is 3. The van der Waals surface area contributed by atoms with Crippen molar-refractivity contribution in [3.63, 3.8) is 0 Å². The van der Waals surface area contributed by atoms with E-state index in [4.69, 9.17) is 0 Å². The predicted molar refractivity (Wildman–Crippen MR) is 55.6 cm³/mol. The van der Waals surface area contributed by atoms with Gasteiger partial charge in [0.15, 0.2) is 13.7 Å². The molecule has 0 aliphatic carbocycles. The average Bonchev–Trinajstić information content (AvgIpc) is 2.25. The zero-order valence-electron chi connectivity index (χ0n) is 11.8. The maximum absolute atomic E-state index is 12.2. The van der Waals surface area contributed by atoms with E-state index < -0.39 is 44.6 Å². The second-order valence-electron chi connectivity index (χ2n) is 3.91. The molecule has 0 fully saturated rings. The average molecular weight is 372 g/mol. The van der Waals surface area contributed by atoms with Gasteiger partial charge in [-0.25, -0.2) is 13.2 Å². The summed E-state index contributed by atoms with van der Waals surface area (Å²) in [6.45, 7) is -1.99. The van der Waals surface area contributed by atoms with Crippen molar-refractivity contribution in [2.45, 2.75) is 51.2 Å². The molecule has 0 unspecified atom stereocenters. The van der Waals surface area contributed by atoms with E-state index in [9.17, 15) is 43.9 Å². The van der Waals surface area contributed by atoms with Crippen LogP contribution in [0.4, 0.5) is 43.9 Å². The van der Waals surface area contributed by atoms with E-state index in [1.807, 2.05) is 0 Å². The molecule has 0 saturated carbocycles. The fourth-order valence-corrected chi connectivity index (χ4v) is 0.804. The van der Waals surface area contributed by atoms with Crippen molar-refractivity contribution in [2.75, 3.05) is 13.7 Å². The van der Waals surface area contributed by atoms with E-state index in [0.717, 1.165) is 0 Å². The summed E-state index contributed by atoms with van der Waals surface area (Å²) in [5, 5.41) is 0. The highest BCUT2D eigenvalue weighted by Crippen LogP contribution is 2.36. The molecule has 23 heavy (non-hydrogen) atoms. The van der Waals surface area contributed by atoms with Crippen molar-refractivity contribution in [1.29, 1.82) is 0 Å². The molecule has 0 rings (SSSR count). The summed E-state index contributed by atoms with van der Waals surface area (Å²) < 4.78 is 125. The fourth-order valence-electron chi connectivity index (χ4n) is 0.804. The molecule has 0 aliphatic rings. The molecule has 0 aliphatic heterocycles. The highest BCUT2D eigenvalue weighted by atomic mass is 19.4. The van der Waals surface area contributed by atoms with Crippen LogP contribution in [0.15, 0.2) is 0 Å². The van der Waals surface area contributed by atoms with Gasteiger partial charge >= 0.3 is 24.5 Å². The first-order valence-electron chi connectivity index (χ1n) is 5.76. The number of alkyl halides is 10. The van der Waals surface area contributed by atoms with Crippen LogP contribution in [0.5, 0.6) is 0 Å². The van der Waals surface area contributed by atoms with Gasteiger partial charge in [0.2, 0.25) is 0 Å². The van der Waals surface area contributed by atoms with Crippen molar-refractivity contribution in [2.24, 2.45) is 0 Å². The van der Waals surface area contributed by atoms with E-state index in [-0.39, 0.29) is 13.3 Å². The van der Waals surface area contributed by atoms with E-state index in [2.05, 4.69) is 14.2 Å². The molecule has 0 bridgehead atoms. The summed E-state index contributed by atoms with van der Waals surface area (Å²) in [6.07, 6.45) is -10.2. The van der Waals surface area contributed by atoms with Gasteiger partial charge in [-0.05, 0) is 0 Å². The van der Waals surface area contributed by atoms with E-state index in [0.29, 0.717) is 0 Å². The van der Waals surface area contributed by atoms with Crippen LogP contribution in [0.3, 0.4) is 0 Å². The standard InChI is InChI=1S/C6H10F4.C4H4F6O3/c1-3-4-6(9,10)5(2,7)8;5-1-11-4(9,10)13-2-12-3(6,7)8/h3-4H2,1-2H3;1-2H2. The van der Waals surface area contributed by atoms with Crippen molar-refractivity contribution in [3.8, 4) is 0 Å². The molecule has 0 radical (unpaired) electrons. The Morgan fingerprint density at radius 1 is 0.783 bits per heavy atom. The van der Waals surface area contributed by atoms with Gasteiger partial charge in [-0.1, -0.05) is 13.3 Å². The Balaban J connectivity index is 0. The lowest BCUT2D eigenvalue weighted by Crippen LogP contribution is -2.37. The Bertz CT molecular complexity index is 313. The third kappa shape index (κ3) is 13.3. The van der Waals surface area contributed by atoms with Gasteiger partial charge in [-0.3, -0.25) is 14.2 Å². The SMILES string of the molecule is CCCC(F)(F)C(C)(F)F.FCOC(F)(F)OCOC(F)(F)F. The molecular weight excluding hydrogens is 358 g/mol. The second-order valence-corrected chi connectivity index (χ2v) is 3.91. The Hall–Kier alpha value is -0.820. The van der Waals surface area contributed by atoms with Gasteiger partial charge in [-0.2, -0.15) is 8.78 Å². The highest BCUT2D eigenvalue weighted by molar-refractivity contribution is 4.79. The molecule has 3 nitrogen and oxygen atoms in total. The first kappa shape index (κ1) is 24.4. The van der Waals surface area contributed by atoms with Crippen molar-refractivity contribution in [3.05, 3.63) is 0 Å². The zero-order valence-corrected chi connectivity index (χ0v) is 11.8. The van der Waals surface area contributed by atoms with Crippen LogP contribution >= 0.6 is 0 Å². The second kappa shape index (κ2) is 9.47. The molecule has 142 valence electrons. The topological polar surface area (TPSA) is 27.7 Å². The highest BCUT2D eigenvalue weighted by Gasteiger charge is 2.50. The maximum Gasteiger partial charge on any atom is 0.524 e. The van der Waals surface area contributed by atoms with E-state index in [1.165, 1.54) is 6.92 Å². The van der Waals surface area contributed by atoms with Crippen LogP contribution in [0.25, 0.3) is 0 Å². The molecule has 0 saturated heterocycles. The number of hydrogen-bond donors (Lipinski definition) is 0. The first-order chi connectivity index (χ1) is 10.1. The summed E-state index contributed by atoms with van der Waals surface area (Å²) in [6, 6.07) is 0. The Kier molecular flexibility index (Phi) is 10.1. The summed E-state index contributed by atoms with van der Waals surface area (Å²) in [5.74, 6) is -7.73. The predicted octanol–water partition coefficient (Wildman–Crippen LogP) is 5.07. The zero-order chi connectivity index (χ0) is 18.9. The van der Waals surface area contributed by atoms with Crippen LogP contribution in [0, 0.1) is 0 Å². The Morgan fingerprint density at radius 3 is 1.52 bits per heavy atom. The minimum atomic E-state index is -5.09. The van der Waals surface area contributed by atoms with Crippen molar-refractivity contribution in [1.82, 2.24) is 0 Å². The van der Waals surface area contributed by atoms with Gasteiger partial charge < -0.3 is 0 Å². The van der Waals surface area contributed by atoms with Gasteiger partial charge in [0, 0.05) is 13.3 Å². The van der Waals surface area contributed by atoms with Gasteiger partial charge in [-0.15, -0.1) is 22.0 Å². The summed E-state index contributed by atoms with van der Waals surface area (Å²) in [7, 11) is 0. The van der Waals surface area contributed by atoms with Crippen molar-refractivity contribution >= 4 is 0 Å². The normalized spacial score (nSPS) is 13.6. The van der Waals surface area contributed by atoms with Gasteiger partial charge in [0.25, 0.3) is 0 Å². The fraction of sp³-hybridized carbons (Fsp3) is 1.00. The summed E-state index contributed by atoms with van der Waals surface area (Å²) >= 11 is 0. The Labute approximate surface area is 124 Å². The molecule has 0 aromatic carbocycles.